The fourth-order valence-electron chi connectivity index (χ4n) is 3.68. The van der Waals surface area contributed by atoms with E-state index in [9.17, 15) is 22.8 Å². The van der Waals surface area contributed by atoms with Crippen LogP contribution < -0.4 is 10.6 Å². The molecule has 0 radical (unpaired) electrons. The fourth-order valence-corrected chi connectivity index (χ4v) is 3.91. The molecule has 38 heavy (non-hydrogen) atoms. The van der Waals surface area contributed by atoms with Crippen LogP contribution in [0.2, 0.25) is 5.02 Å². The van der Waals surface area contributed by atoms with Crippen LogP contribution in [-0.4, -0.2) is 31.3 Å². The zero-order valence-electron chi connectivity index (χ0n) is 19.2. The molecule has 0 atom stereocenters. The summed E-state index contributed by atoms with van der Waals surface area (Å²) in [5.74, 6) is 0.221. The van der Waals surface area contributed by atoms with Gasteiger partial charge in [-0.3, -0.25) is 14.3 Å². The van der Waals surface area contributed by atoms with Gasteiger partial charge >= 0.3 is 12.2 Å². The highest BCUT2D eigenvalue weighted by Crippen LogP contribution is 2.36. The van der Waals surface area contributed by atoms with Gasteiger partial charge in [-0.05, 0) is 48.5 Å². The van der Waals surface area contributed by atoms with Crippen LogP contribution in [0.4, 0.5) is 29.3 Å². The molecule has 2 amide bonds. The lowest BCUT2D eigenvalue weighted by atomic mass is 10.0. The minimum Gasteiger partial charge on any atom is -0.308 e. The van der Waals surface area contributed by atoms with Crippen molar-refractivity contribution in [3.8, 4) is 5.82 Å². The molecule has 0 fully saturated rings. The van der Waals surface area contributed by atoms with E-state index in [2.05, 4.69) is 25.6 Å². The van der Waals surface area contributed by atoms with Crippen LogP contribution in [0, 0.1) is 0 Å². The Bertz CT molecular complexity index is 1670. The van der Waals surface area contributed by atoms with Gasteiger partial charge in [0.05, 0.1) is 27.8 Å². The molecule has 2 N–H and O–H groups in total. The molecule has 3 aromatic carbocycles. The zero-order chi connectivity index (χ0) is 26.9. The first-order valence-electron chi connectivity index (χ1n) is 11.0. The molecule has 0 saturated heterocycles. The van der Waals surface area contributed by atoms with Crippen molar-refractivity contribution >= 4 is 45.8 Å². The maximum Gasteiger partial charge on any atom is 0.417 e. The highest BCUT2D eigenvalue weighted by atomic mass is 35.5. The van der Waals surface area contributed by atoms with E-state index in [1.807, 2.05) is 0 Å². The number of nitrogens with one attached hydrogen (secondary N) is 2. The maximum atomic E-state index is 13.2. The molecule has 0 unspecified atom stereocenters. The van der Waals surface area contributed by atoms with Gasteiger partial charge in [0, 0.05) is 34.9 Å². The lowest BCUT2D eigenvalue weighted by Crippen LogP contribution is -2.20. The van der Waals surface area contributed by atoms with E-state index >= 15 is 0 Å². The molecule has 5 rings (SSSR count). The molecular weight excluding hydrogens is 521 g/mol. The number of rotatable bonds is 5. The summed E-state index contributed by atoms with van der Waals surface area (Å²) in [5, 5.41) is 4.37. The van der Waals surface area contributed by atoms with Crippen LogP contribution in [0.5, 0.6) is 0 Å². The predicted octanol–water partition coefficient (Wildman–Crippen LogP) is 6.36. The van der Waals surface area contributed by atoms with Gasteiger partial charge in [-0.2, -0.15) is 13.2 Å². The van der Waals surface area contributed by atoms with Gasteiger partial charge in [0.25, 0.3) is 0 Å². The van der Waals surface area contributed by atoms with Gasteiger partial charge in [0.2, 0.25) is 0 Å². The lowest BCUT2D eigenvalue weighted by molar-refractivity contribution is -0.137. The maximum absolute atomic E-state index is 13.2. The van der Waals surface area contributed by atoms with Crippen LogP contribution in [-0.2, 0) is 6.18 Å². The number of alkyl halides is 3. The molecule has 8 nitrogen and oxygen atoms in total. The quantitative estimate of drug-likeness (QED) is 0.254. The smallest absolute Gasteiger partial charge is 0.308 e. The number of hydrogen-bond donors (Lipinski definition) is 2. The fraction of sp³-hybridized carbons (Fsp3) is 0.0385. The summed E-state index contributed by atoms with van der Waals surface area (Å²) in [4.78, 5) is 38.5. The summed E-state index contributed by atoms with van der Waals surface area (Å²) in [6.45, 7) is 0. The summed E-state index contributed by atoms with van der Waals surface area (Å²) in [6, 6.07) is 13.3. The van der Waals surface area contributed by atoms with E-state index in [4.69, 9.17) is 11.6 Å². The molecule has 0 aliphatic rings. The van der Waals surface area contributed by atoms with Gasteiger partial charge < -0.3 is 10.6 Å². The number of amides is 2. The van der Waals surface area contributed by atoms with E-state index in [0.29, 0.717) is 22.4 Å². The molecule has 190 valence electrons. The Morgan fingerprint density at radius 2 is 1.66 bits per heavy atom. The monoisotopic (exact) mass is 536 g/mol. The van der Waals surface area contributed by atoms with Crippen LogP contribution in [0.15, 0.2) is 85.6 Å². The van der Waals surface area contributed by atoms with Crippen molar-refractivity contribution in [3.05, 3.63) is 107 Å². The summed E-state index contributed by atoms with van der Waals surface area (Å²) < 4.78 is 41.0. The normalized spacial score (nSPS) is 11.4. The Labute approximate surface area is 218 Å². The van der Waals surface area contributed by atoms with Crippen LogP contribution in [0.3, 0.4) is 0 Å². The van der Waals surface area contributed by atoms with Crippen molar-refractivity contribution in [1.82, 2.24) is 19.5 Å². The van der Waals surface area contributed by atoms with E-state index < -0.39 is 22.8 Å². The number of urea groups is 1. The average molecular weight is 537 g/mol. The second kappa shape index (κ2) is 9.94. The standard InChI is InChI=1S/C26H16ClF3N6O2/c27-20-6-5-18(12-19(20)26(28,29)30)34-25(38)33-17-3-1-2-15(10-17)24(37)16-4-7-21-22(11-16)35-23(13-32-21)36-9-8-31-14-36/h1-14H,(H2,33,34,38). The number of hydrogen-bond acceptors (Lipinski definition) is 5. The Balaban J connectivity index is 1.33. The number of halogens is 4. The van der Waals surface area contributed by atoms with Crippen molar-refractivity contribution in [2.45, 2.75) is 6.18 Å². The van der Waals surface area contributed by atoms with E-state index in [1.54, 1.807) is 65.9 Å². The van der Waals surface area contributed by atoms with Crippen molar-refractivity contribution in [2.24, 2.45) is 0 Å². The minimum absolute atomic E-state index is 0.0983. The number of ketones is 1. The van der Waals surface area contributed by atoms with Gasteiger partial charge in [0.1, 0.15) is 6.33 Å². The number of carbonyl (C=O) groups is 2. The summed E-state index contributed by atoms with van der Waals surface area (Å²) in [5.41, 5.74) is 0.857. The molecule has 0 spiro atoms. The SMILES string of the molecule is O=C(Nc1cccc(C(=O)c2ccc3ncc(-n4ccnc4)nc3c2)c1)Nc1ccc(Cl)c(C(F)(F)F)c1. The van der Waals surface area contributed by atoms with Crippen molar-refractivity contribution in [1.29, 1.82) is 0 Å². The van der Waals surface area contributed by atoms with Gasteiger partial charge in [-0.1, -0.05) is 23.7 Å². The lowest BCUT2D eigenvalue weighted by Gasteiger charge is -2.12. The van der Waals surface area contributed by atoms with E-state index in [-0.39, 0.29) is 22.7 Å². The molecule has 5 aromatic rings. The molecule has 2 heterocycles. The zero-order valence-corrected chi connectivity index (χ0v) is 20.0. The van der Waals surface area contributed by atoms with Crippen molar-refractivity contribution in [2.75, 3.05) is 10.6 Å². The molecule has 0 saturated carbocycles. The number of imidazole rings is 1. The van der Waals surface area contributed by atoms with Crippen LogP contribution in [0.25, 0.3) is 16.9 Å². The second-order valence-corrected chi connectivity index (χ2v) is 8.49. The third kappa shape index (κ3) is 5.32. The molecule has 12 heteroatoms. The first-order valence-corrected chi connectivity index (χ1v) is 11.4. The molecular formula is C26H16ClF3N6O2. The minimum atomic E-state index is -4.67. The largest absolute Gasteiger partial charge is 0.417 e. The Hall–Kier alpha value is -4.77. The number of nitrogens with zero attached hydrogens (tertiary/aromatic N) is 4. The topological polar surface area (TPSA) is 102 Å². The Morgan fingerprint density at radius 3 is 2.39 bits per heavy atom. The average Bonchev–Trinajstić information content (AvgIpc) is 3.43. The highest BCUT2D eigenvalue weighted by Gasteiger charge is 2.33. The number of aromatic nitrogens is 4. The van der Waals surface area contributed by atoms with Gasteiger partial charge in [0.15, 0.2) is 11.6 Å². The number of fused-ring (bicyclic) bond motifs is 1. The van der Waals surface area contributed by atoms with E-state index in [0.717, 1.165) is 12.1 Å². The van der Waals surface area contributed by atoms with Crippen LogP contribution in [0.1, 0.15) is 21.5 Å². The van der Waals surface area contributed by atoms with Gasteiger partial charge in [-0.15, -0.1) is 0 Å². The third-order valence-corrected chi connectivity index (χ3v) is 5.80. The summed E-state index contributed by atoms with van der Waals surface area (Å²) in [6.07, 6.45) is 1.85. The number of benzene rings is 3. The molecule has 2 aromatic heterocycles. The van der Waals surface area contributed by atoms with Crippen molar-refractivity contribution < 1.29 is 22.8 Å². The van der Waals surface area contributed by atoms with Crippen LogP contribution >= 0.6 is 11.6 Å². The first-order chi connectivity index (χ1) is 18.2. The van der Waals surface area contributed by atoms with Gasteiger partial charge in [-0.25, -0.2) is 14.8 Å². The van der Waals surface area contributed by atoms with E-state index in [1.165, 1.54) is 12.1 Å². The summed E-state index contributed by atoms with van der Waals surface area (Å²) in [7, 11) is 0. The first kappa shape index (κ1) is 24.9. The predicted molar refractivity (Wildman–Crippen MR) is 136 cm³/mol. The molecule has 0 bridgehead atoms. The summed E-state index contributed by atoms with van der Waals surface area (Å²) >= 11 is 5.62. The second-order valence-electron chi connectivity index (χ2n) is 8.08. The highest BCUT2D eigenvalue weighted by molar-refractivity contribution is 6.31. The molecule has 0 aliphatic heterocycles. The Morgan fingerprint density at radius 1 is 0.895 bits per heavy atom. The van der Waals surface area contributed by atoms with Crippen molar-refractivity contribution in [3.63, 3.8) is 0 Å². The molecule has 0 aliphatic carbocycles. The third-order valence-electron chi connectivity index (χ3n) is 5.47. The number of carbonyl (C=O) groups excluding carboxylic acids is 2. The Kier molecular flexibility index (Phi) is 6.52. The number of anilines is 2.